The Labute approximate surface area is 126 Å². The molecule has 1 N–H and O–H groups in total. The smallest absolute Gasteiger partial charge is 0.265 e. The maximum Gasteiger partial charge on any atom is 0.265 e. The molecule has 0 aliphatic rings. The highest BCUT2D eigenvalue weighted by atomic mass is 16.5. The van der Waals surface area contributed by atoms with Gasteiger partial charge in [-0.25, -0.2) is 0 Å². The predicted octanol–water partition coefficient (Wildman–Crippen LogP) is 4.02. The third-order valence-corrected chi connectivity index (χ3v) is 3.32. The maximum absolute atomic E-state index is 12.2. The lowest BCUT2D eigenvalue weighted by molar-refractivity contribution is -0.122. The molecule has 0 heterocycles. The van der Waals surface area contributed by atoms with Crippen molar-refractivity contribution in [3.63, 3.8) is 0 Å². The summed E-state index contributed by atoms with van der Waals surface area (Å²) in [5.74, 6) is 0.559. The van der Waals surface area contributed by atoms with Gasteiger partial charge >= 0.3 is 0 Å². The summed E-state index contributed by atoms with van der Waals surface area (Å²) in [7, 11) is 0. The SMILES string of the molecule is Cc1cccc(O[C@H](C)C(=O)Nc2cc(C)ccc2C)c1. The molecular formula is C18H21NO2. The Bertz CT molecular complexity index is 649. The lowest BCUT2D eigenvalue weighted by atomic mass is 10.1. The van der Waals surface area contributed by atoms with Crippen LogP contribution in [0.5, 0.6) is 5.75 Å². The van der Waals surface area contributed by atoms with Crippen molar-refractivity contribution in [1.29, 1.82) is 0 Å². The Morgan fingerprint density at radius 1 is 1.05 bits per heavy atom. The van der Waals surface area contributed by atoms with Crippen LogP contribution in [0.15, 0.2) is 42.5 Å². The van der Waals surface area contributed by atoms with E-state index in [9.17, 15) is 4.79 Å². The molecule has 3 heteroatoms. The van der Waals surface area contributed by atoms with Gasteiger partial charge < -0.3 is 10.1 Å². The van der Waals surface area contributed by atoms with Gasteiger partial charge in [0.15, 0.2) is 6.10 Å². The zero-order valence-corrected chi connectivity index (χ0v) is 12.9. The minimum atomic E-state index is -0.549. The first-order valence-electron chi connectivity index (χ1n) is 7.07. The van der Waals surface area contributed by atoms with E-state index in [0.717, 1.165) is 22.4 Å². The van der Waals surface area contributed by atoms with Crippen LogP contribution in [0.4, 0.5) is 5.69 Å². The predicted molar refractivity (Wildman–Crippen MR) is 85.8 cm³/mol. The second-order valence-corrected chi connectivity index (χ2v) is 5.38. The van der Waals surface area contributed by atoms with Crippen LogP contribution >= 0.6 is 0 Å². The summed E-state index contributed by atoms with van der Waals surface area (Å²) in [5, 5.41) is 2.92. The number of rotatable bonds is 4. The summed E-state index contributed by atoms with van der Waals surface area (Å²) >= 11 is 0. The highest BCUT2D eigenvalue weighted by molar-refractivity contribution is 5.94. The topological polar surface area (TPSA) is 38.3 Å². The maximum atomic E-state index is 12.2. The second kappa shape index (κ2) is 6.44. The van der Waals surface area contributed by atoms with Gasteiger partial charge in [0, 0.05) is 5.69 Å². The first-order valence-corrected chi connectivity index (χ1v) is 7.07. The van der Waals surface area contributed by atoms with Crippen molar-refractivity contribution in [1.82, 2.24) is 0 Å². The van der Waals surface area contributed by atoms with Crippen molar-refractivity contribution in [2.75, 3.05) is 5.32 Å². The molecule has 0 aromatic heterocycles. The Hall–Kier alpha value is -2.29. The first-order chi connectivity index (χ1) is 9.95. The number of hydrogen-bond donors (Lipinski definition) is 1. The van der Waals surface area contributed by atoms with Crippen LogP contribution in [0.25, 0.3) is 0 Å². The molecule has 0 saturated carbocycles. The van der Waals surface area contributed by atoms with Crippen molar-refractivity contribution < 1.29 is 9.53 Å². The summed E-state index contributed by atoms with van der Waals surface area (Å²) in [6, 6.07) is 13.7. The minimum Gasteiger partial charge on any atom is -0.481 e. The Morgan fingerprint density at radius 2 is 1.76 bits per heavy atom. The van der Waals surface area contributed by atoms with Crippen LogP contribution in [0.1, 0.15) is 23.6 Å². The zero-order valence-electron chi connectivity index (χ0n) is 12.9. The summed E-state index contributed by atoms with van der Waals surface area (Å²) in [6.07, 6.45) is -0.549. The van der Waals surface area contributed by atoms with E-state index >= 15 is 0 Å². The number of anilines is 1. The molecule has 2 aromatic rings. The molecule has 110 valence electrons. The van der Waals surface area contributed by atoms with E-state index in [2.05, 4.69) is 5.32 Å². The second-order valence-electron chi connectivity index (χ2n) is 5.38. The number of carbonyl (C=O) groups excluding carboxylic acids is 1. The fourth-order valence-electron chi connectivity index (χ4n) is 2.05. The van der Waals surface area contributed by atoms with Crippen LogP contribution in [-0.2, 0) is 4.79 Å². The molecule has 2 rings (SSSR count). The Balaban J connectivity index is 2.04. The molecule has 3 nitrogen and oxygen atoms in total. The minimum absolute atomic E-state index is 0.148. The third-order valence-electron chi connectivity index (χ3n) is 3.32. The van der Waals surface area contributed by atoms with Crippen molar-refractivity contribution in [2.45, 2.75) is 33.8 Å². The largest absolute Gasteiger partial charge is 0.481 e. The van der Waals surface area contributed by atoms with Crippen molar-refractivity contribution in [3.8, 4) is 5.75 Å². The summed E-state index contributed by atoms with van der Waals surface area (Å²) < 4.78 is 5.69. The Morgan fingerprint density at radius 3 is 2.48 bits per heavy atom. The lowest BCUT2D eigenvalue weighted by Crippen LogP contribution is -2.30. The molecule has 21 heavy (non-hydrogen) atoms. The number of aryl methyl sites for hydroxylation is 3. The molecule has 0 fully saturated rings. The highest BCUT2D eigenvalue weighted by Crippen LogP contribution is 2.18. The average Bonchev–Trinajstić information content (AvgIpc) is 2.43. The quantitative estimate of drug-likeness (QED) is 0.920. The van der Waals surface area contributed by atoms with Gasteiger partial charge in [-0.1, -0.05) is 24.3 Å². The van der Waals surface area contributed by atoms with Gasteiger partial charge in [0.25, 0.3) is 5.91 Å². The van der Waals surface area contributed by atoms with E-state index in [4.69, 9.17) is 4.74 Å². The number of amides is 1. The fourth-order valence-corrected chi connectivity index (χ4v) is 2.05. The van der Waals surface area contributed by atoms with Gasteiger partial charge in [0.1, 0.15) is 5.75 Å². The summed E-state index contributed by atoms with van der Waals surface area (Å²) in [4.78, 5) is 12.2. The van der Waals surface area contributed by atoms with Gasteiger partial charge in [-0.3, -0.25) is 4.79 Å². The molecule has 1 amide bonds. The Kier molecular flexibility index (Phi) is 4.63. The van der Waals surface area contributed by atoms with E-state index in [0.29, 0.717) is 5.75 Å². The van der Waals surface area contributed by atoms with E-state index in [1.54, 1.807) is 6.92 Å². The van der Waals surface area contributed by atoms with Gasteiger partial charge in [-0.2, -0.15) is 0 Å². The van der Waals surface area contributed by atoms with E-state index in [-0.39, 0.29) is 5.91 Å². The molecule has 0 aliphatic heterocycles. The monoisotopic (exact) mass is 283 g/mol. The molecular weight excluding hydrogens is 262 g/mol. The number of hydrogen-bond acceptors (Lipinski definition) is 2. The fraction of sp³-hybridized carbons (Fsp3) is 0.278. The first kappa shape index (κ1) is 15.1. The number of benzene rings is 2. The van der Waals surface area contributed by atoms with E-state index in [1.807, 2.05) is 63.2 Å². The molecule has 0 unspecified atom stereocenters. The highest BCUT2D eigenvalue weighted by Gasteiger charge is 2.15. The molecule has 0 radical (unpaired) electrons. The third kappa shape index (κ3) is 4.09. The van der Waals surface area contributed by atoms with Crippen LogP contribution in [-0.4, -0.2) is 12.0 Å². The molecule has 0 bridgehead atoms. The van der Waals surface area contributed by atoms with Gasteiger partial charge in [0.05, 0.1) is 0 Å². The number of nitrogens with one attached hydrogen (secondary N) is 1. The molecule has 1 atom stereocenters. The van der Waals surface area contributed by atoms with Crippen molar-refractivity contribution in [3.05, 3.63) is 59.2 Å². The zero-order chi connectivity index (χ0) is 15.4. The van der Waals surface area contributed by atoms with Crippen LogP contribution < -0.4 is 10.1 Å². The van der Waals surface area contributed by atoms with Crippen LogP contribution in [0, 0.1) is 20.8 Å². The summed E-state index contributed by atoms with van der Waals surface area (Å²) in [6.45, 7) is 7.72. The average molecular weight is 283 g/mol. The lowest BCUT2D eigenvalue weighted by Gasteiger charge is -2.16. The molecule has 0 spiro atoms. The van der Waals surface area contributed by atoms with Gasteiger partial charge in [-0.15, -0.1) is 0 Å². The van der Waals surface area contributed by atoms with Crippen molar-refractivity contribution >= 4 is 11.6 Å². The summed E-state index contributed by atoms with van der Waals surface area (Å²) in [5.41, 5.74) is 4.09. The molecule has 0 saturated heterocycles. The van der Waals surface area contributed by atoms with E-state index in [1.165, 1.54) is 0 Å². The van der Waals surface area contributed by atoms with Crippen LogP contribution in [0.3, 0.4) is 0 Å². The molecule has 0 aliphatic carbocycles. The normalized spacial score (nSPS) is 11.8. The molecule has 2 aromatic carbocycles. The van der Waals surface area contributed by atoms with Crippen molar-refractivity contribution in [2.24, 2.45) is 0 Å². The number of ether oxygens (including phenoxy) is 1. The van der Waals surface area contributed by atoms with E-state index < -0.39 is 6.10 Å². The number of carbonyl (C=O) groups is 1. The van der Waals surface area contributed by atoms with Crippen LogP contribution in [0.2, 0.25) is 0 Å². The standard InChI is InChI=1S/C18H21NO2/c1-12-6-5-7-16(10-12)21-15(4)18(20)19-17-11-13(2)8-9-14(17)3/h5-11,15H,1-4H3,(H,19,20)/t15-/m1/s1. The van der Waals surface area contributed by atoms with Gasteiger partial charge in [0.2, 0.25) is 0 Å². The van der Waals surface area contributed by atoms with Gasteiger partial charge in [-0.05, 0) is 62.6 Å².